The van der Waals surface area contributed by atoms with Crippen LogP contribution in [0, 0.1) is 35.8 Å². The van der Waals surface area contributed by atoms with E-state index in [1.54, 1.807) is 34.8 Å². The van der Waals surface area contributed by atoms with Gasteiger partial charge in [-0.05, 0) is 37.1 Å². The molecule has 4 rings (SSSR count). The summed E-state index contributed by atoms with van der Waals surface area (Å²) in [6.45, 7) is 20.3. The minimum Gasteiger partial charge on any atom is -0.492 e. The molecule has 0 aliphatic carbocycles. The van der Waals surface area contributed by atoms with Gasteiger partial charge >= 0.3 is 0 Å². The SMILES string of the molecule is [C-]#[N+]/C(C#N)=C\c1sc(-c2cc3sc(-c4cc(OCCCCCCC)c(/C=C(\C#N)[N+]#[C-])s4)cc3s2)cc1OCCCCCCC. The van der Waals surface area contributed by atoms with Crippen LogP contribution in [0.15, 0.2) is 35.7 Å². The predicted molar refractivity (Wildman–Crippen MR) is 195 cm³/mol. The summed E-state index contributed by atoms with van der Waals surface area (Å²) in [4.78, 5) is 12.6. The number of allylic oxidation sites excluding steroid dienone is 2. The first-order valence-electron chi connectivity index (χ1n) is 15.6. The van der Waals surface area contributed by atoms with Gasteiger partial charge in [-0.15, -0.1) is 45.3 Å². The number of nitriles is 2. The van der Waals surface area contributed by atoms with Crippen molar-refractivity contribution in [2.24, 2.45) is 0 Å². The van der Waals surface area contributed by atoms with Gasteiger partial charge in [-0.1, -0.05) is 65.2 Å². The molecule has 4 aromatic rings. The maximum absolute atomic E-state index is 9.35. The molecule has 4 aromatic heterocycles. The predicted octanol–water partition coefficient (Wildman–Crippen LogP) is 12.7. The van der Waals surface area contributed by atoms with Crippen molar-refractivity contribution < 1.29 is 9.47 Å². The molecule has 0 aliphatic rings. The van der Waals surface area contributed by atoms with E-state index >= 15 is 0 Å². The van der Waals surface area contributed by atoms with Crippen LogP contribution in [0.3, 0.4) is 0 Å². The van der Waals surface area contributed by atoms with Gasteiger partial charge in [0.05, 0.1) is 48.3 Å². The average Bonchev–Trinajstić information content (AvgIpc) is 3.85. The lowest BCUT2D eigenvalue weighted by molar-refractivity contribution is 0.305. The number of fused-ring (bicyclic) bond motifs is 1. The van der Waals surface area contributed by atoms with Crippen LogP contribution in [-0.2, 0) is 0 Å². The average molecular weight is 685 g/mol. The van der Waals surface area contributed by atoms with Crippen LogP contribution >= 0.6 is 45.3 Å². The van der Waals surface area contributed by atoms with E-state index in [4.69, 9.17) is 22.6 Å². The molecule has 46 heavy (non-hydrogen) atoms. The topological polar surface area (TPSA) is 74.8 Å². The second-order valence-electron chi connectivity index (χ2n) is 10.7. The van der Waals surface area contributed by atoms with Crippen molar-refractivity contribution in [3.8, 4) is 43.1 Å². The summed E-state index contributed by atoms with van der Waals surface area (Å²) in [7, 11) is 0. The lowest BCUT2D eigenvalue weighted by Gasteiger charge is -2.05. The Labute approximate surface area is 288 Å². The van der Waals surface area contributed by atoms with Gasteiger partial charge in [0.2, 0.25) is 0 Å². The normalized spacial score (nSPS) is 11.6. The van der Waals surface area contributed by atoms with Crippen molar-refractivity contribution >= 4 is 66.9 Å². The fourth-order valence-corrected chi connectivity index (χ4v) is 9.35. The highest BCUT2D eigenvalue weighted by Gasteiger charge is 2.18. The van der Waals surface area contributed by atoms with Gasteiger partial charge in [-0.25, -0.2) is 20.2 Å². The third kappa shape index (κ3) is 9.56. The molecule has 0 N–H and O–H groups in total. The number of unbranched alkanes of at least 4 members (excludes halogenated alkanes) is 8. The van der Waals surface area contributed by atoms with Gasteiger partial charge in [0.15, 0.2) is 0 Å². The van der Waals surface area contributed by atoms with Crippen molar-refractivity contribution in [3.05, 3.63) is 68.2 Å². The molecule has 0 spiro atoms. The molecule has 0 bridgehead atoms. The Bertz CT molecular complexity index is 1650. The molecule has 10 heteroatoms. The number of hydrogen-bond acceptors (Lipinski definition) is 8. The highest BCUT2D eigenvalue weighted by molar-refractivity contribution is 7.33. The third-order valence-corrected chi connectivity index (χ3v) is 12.0. The largest absolute Gasteiger partial charge is 0.492 e. The molecule has 4 heterocycles. The number of thiophene rings is 4. The lowest BCUT2D eigenvalue weighted by Crippen LogP contribution is -1.97. The van der Waals surface area contributed by atoms with Crippen LogP contribution in [0.4, 0.5) is 0 Å². The molecule has 0 saturated carbocycles. The van der Waals surface area contributed by atoms with E-state index in [9.17, 15) is 10.5 Å². The van der Waals surface area contributed by atoms with Crippen LogP contribution in [0.25, 0.3) is 50.8 Å². The molecule has 0 saturated heterocycles. The number of ether oxygens (including phenoxy) is 2. The van der Waals surface area contributed by atoms with Gasteiger partial charge in [0.25, 0.3) is 11.4 Å². The highest BCUT2D eigenvalue weighted by atomic mass is 32.1. The summed E-state index contributed by atoms with van der Waals surface area (Å²) in [5.74, 6) is 1.44. The van der Waals surface area contributed by atoms with Gasteiger partial charge in [0, 0.05) is 41.0 Å². The Balaban J connectivity index is 1.56. The lowest BCUT2D eigenvalue weighted by atomic mass is 10.2. The van der Waals surface area contributed by atoms with Crippen molar-refractivity contribution in [2.45, 2.75) is 78.1 Å². The van der Waals surface area contributed by atoms with Crippen LogP contribution in [0.2, 0.25) is 0 Å². The van der Waals surface area contributed by atoms with E-state index in [-0.39, 0.29) is 11.4 Å². The molecule has 0 fully saturated rings. The van der Waals surface area contributed by atoms with Crippen molar-refractivity contribution in [1.29, 1.82) is 10.5 Å². The molecule has 6 nitrogen and oxygen atoms in total. The van der Waals surface area contributed by atoms with Gasteiger partial charge in [-0.3, -0.25) is 0 Å². The zero-order chi connectivity index (χ0) is 32.7. The first-order chi connectivity index (χ1) is 22.5. The maximum Gasteiger partial charge on any atom is 0.263 e. The molecule has 0 aromatic carbocycles. The van der Waals surface area contributed by atoms with Gasteiger partial charge < -0.3 is 9.47 Å². The first-order valence-corrected chi connectivity index (χ1v) is 18.9. The Hall–Kier alpha value is -3.90. The van der Waals surface area contributed by atoms with Crippen LogP contribution < -0.4 is 9.47 Å². The Morgan fingerprint density at radius 1 is 0.630 bits per heavy atom. The zero-order valence-electron chi connectivity index (χ0n) is 26.2. The standard InChI is InChI=1S/C36H36N4O2S4/c1-5-7-9-11-13-15-41-27-19-31(43-29(27)17-25(23-37)39-3)33-21-35-36(45-33)22-34(46-35)32-20-28(42-16-14-12-10-8-6-2)30(44-32)18-26(24-38)40-4/h17-22H,5-16H2,1-2H3/b25-17-,26-18+. The Kier molecular flexibility index (Phi) is 13.9. The fourth-order valence-electron chi connectivity index (χ4n) is 4.73. The van der Waals surface area contributed by atoms with Gasteiger partial charge in [-0.2, -0.15) is 0 Å². The minimum atomic E-state index is 0.0429. The molecule has 236 valence electrons. The Morgan fingerprint density at radius 2 is 1.02 bits per heavy atom. The second-order valence-corrected chi connectivity index (χ2v) is 15.0. The minimum absolute atomic E-state index is 0.0429. The molecule has 0 unspecified atom stereocenters. The van der Waals surface area contributed by atoms with E-state index in [0.717, 1.165) is 66.4 Å². The van der Waals surface area contributed by atoms with Crippen molar-refractivity contribution in [2.75, 3.05) is 13.2 Å². The van der Waals surface area contributed by atoms with E-state index < -0.39 is 0 Å². The molecular formula is C36H36N4O2S4. The quantitative estimate of drug-likeness (QED) is 0.0594. The first kappa shape index (κ1) is 35.0. The summed E-state index contributed by atoms with van der Waals surface area (Å²) >= 11 is 6.49. The van der Waals surface area contributed by atoms with Gasteiger partial charge in [0.1, 0.15) is 11.5 Å². The number of nitrogens with zero attached hydrogens (tertiary/aromatic N) is 4. The fraction of sp³-hybridized carbons (Fsp3) is 0.389. The summed E-state index contributed by atoms with van der Waals surface area (Å²) in [5.41, 5.74) is 0.0857. The van der Waals surface area contributed by atoms with Crippen LogP contribution in [0.1, 0.15) is 87.8 Å². The maximum atomic E-state index is 9.35. The summed E-state index contributed by atoms with van der Waals surface area (Å²) in [6.07, 6.45) is 14.7. The van der Waals surface area contributed by atoms with E-state index in [2.05, 4.69) is 35.7 Å². The van der Waals surface area contributed by atoms with Crippen molar-refractivity contribution in [3.63, 3.8) is 0 Å². The number of rotatable bonds is 18. The highest BCUT2D eigenvalue weighted by Crippen LogP contribution is 2.48. The molecule has 0 atom stereocenters. The molecule has 0 radical (unpaired) electrons. The molecule has 0 aliphatic heterocycles. The van der Waals surface area contributed by atoms with E-state index in [1.807, 2.05) is 24.3 Å². The summed E-state index contributed by atoms with van der Waals surface area (Å²) in [6, 6.07) is 12.4. The second kappa shape index (κ2) is 18.3. The summed E-state index contributed by atoms with van der Waals surface area (Å²) < 4.78 is 14.7. The smallest absolute Gasteiger partial charge is 0.263 e. The monoisotopic (exact) mass is 684 g/mol. The van der Waals surface area contributed by atoms with Crippen molar-refractivity contribution in [1.82, 2.24) is 0 Å². The Morgan fingerprint density at radius 3 is 1.39 bits per heavy atom. The molecular weight excluding hydrogens is 649 g/mol. The van der Waals surface area contributed by atoms with Crippen LogP contribution in [-0.4, -0.2) is 13.2 Å². The number of hydrogen-bond donors (Lipinski definition) is 0. The van der Waals surface area contributed by atoms with Crippen LogP contribution in [0.5, 0.6) is 11.5 Å². The zero-order valence-corrected chi connectivity index (χ0v) is 29.5. The summed E-state index contributed by atoms with van der Waals surface area (Å²) in [5, 5.41) is 18.7. The van der Waals surface area contributed by atoms with E-state index in [0.29, 0.717) is 13.2 Å². The van der Waals surface area contributed by atoms with E-state index in [1.165, 1.54) is 70.6 Å². The third-order valence-electron chi connectivity index (χ3n) is 7.16. The molecule has 0 amide bonds.